The fraction of sp³-hybridized carbons (Fsp3) is 0.875. The van der Waals surface area contributed by atoms with Crippen LogP contribution >= 0.6 is 0 Å². The van der Waals surface area contributed by atoms with Gasteiger partial charge in [-0.15, -0.1) is 0 Å². The van der Waals surface area contributed by atoms with E-state index in [4.69, 9.17) is 10.5 Å². The van der Waals surface area contributed by atoms with Crippen LogP contribution in [0.2, 0.25) is 0 Å². The number of carbonyl (C=O) groups excluding carboxylic acids is 1. The zero-order chi connectivity index (χ0) is 8.60. The first kappa shape index (κ1) is 8.01. The lowest BCUT2D eigenvalue weighted by molar-refractivity contribution is -0.121. The van der Waals surface area contributed by atoms with Gasteiger partial charge in [0.15, 0.2) is 0 Å². The average Bonchev–Trinajstić information content (AvgIpc) is 2.37. The van der Waals surface area contributed by atoms with Crippen molar-refractivity contribution in [2.45, 2.75) is 18.9 Å². The SMILES string of the molecule is N[C@H]1C(=O)NCC12CCOCC2. The van der Waals surface area contributed by atoms with Gasteiger partial charge in [0.05, 0.1) is 6.04 Å². The Labute approximate surface area is 71.4 Å². The standard InChI is InChI=1S/C8H14N2O2/c9-6-7(11)10-5-8(6)1-3-12-4-2-8/h6H,1-5,9H2,(H,10,11)/t6-/m0/s1. The van der Waals surface area contributed by atoms with Crippen LogP contribution < -0.4 is 11.1 Å². The van der Waals surface area contributed by atoms with Crippen LogP contribution in [0, 0.1) is 5.41 Å². The van der Waals surface area contributed by atoms with Crippen LogP contribution in [0.1, 0.15) is 12.8 Å². The van der Waals surface area contributed by atoms with Gasteiger partial charge in [-0.05, 0) is 12.8 Å². The third kappa shape index (κ3) is 1.03. The maximum atomic E-state index is 11.2. The van der Waals surface area contributed by atoms with Crippen LogP contribution in [-0.2, 0) is 9.53 Å². The Balaban J connectivity index is 2.14. The molecule has 2 aliphatic rings. The zero-order valence-corrected chi connectivity index (χ0v) is 7.01. The number of hydrogen-bond donors (Lipinski definition) is 2. The first-order valence-corrected chi connectivity index (χ1v) is 4.36. The second kappa shape index (κ2) is 2.71. The molecule has 4 heteroatoms. The summed E-state index contributed by atoms with van der Waals surface area (Å²) in [5, 5.41) is 2.81. The fourth-order valence-corrected chi connectivity index (χ4v) is 2.03. The van der Waals surface area contributed by atoms with E-state index in [1.54, 1.807) is 0 Å². The van der Waals surface area contributed by atoms with E-state index in [0.29, 0.717) is 0 Å². The predicted molar refractivity (Wildman–Crippen MR) is 43.5 cm³/mol. The van der Waals surface area contributed by atoms with Crippen LogP contribution in [0.5, 0.6) is 0 Å². The third-order valence-electron chi connectivity index (χ3n) is 3.05. The Bertz CT molecular complexity index is 199. The monoisotopic (exact) mass is 170 g/mol. The van der Waals surface area contributed by atoms with Crippen molar-refractivity contribution in [2.24, 2.45) is 11.1 Å². The van der Waals surface area contributed by atoms with E-state index in [9.17, 15) is 4.79 Å². The predicted octanol–water partition coefficient (Wildman–Crippen LogP) is -0.760. The van der Waals surface area contributed by atoms with Crippen LogP contribution in [0.3, 0.4) is 0 Å². The van der Waals surface area contributed by atoms with E-state index >= 15 is 0 Å². The van der Waals surface area contributed by atoms with Gasteiger partial charge in [-0.1, -0.05) is 0 Å². The van der Waals surface area contributed by atoms with E-state index in [1.165, 1.54) is 0 Å². The molecule has 12 heavy (non-hydrogen) atoms. The Morgan fingerprint density at radius 2 is 2.17 bits per heavy atom. The molecule has 2 fully saturated rings. The largest absolute Gasteiger partial charge is 0.381 e. The molecule has 2 heterocycles. The summed E-state index contributed by atoms with van der Waals surface area (Å²) in [7, 11) is 0. The molecule has 4 nitrogen and oxygen atoms in total. The van der Waals surface area contributed by atoms with Crippen LogP contribution in [0.4, 0.5) is 0 Å². The summed E-state index contributed by atoms with van der Waals surface area (Å²) in [5.74, 6) is -0.00287. The lowest BCUT2D eigenvalue weighted by Gasteiger charge is -2.34. The van der Waals surface area contributed by atoms with Gasteiger partial charge in [-0.3, -0.25) is 4.79 Å². The first-order valence-electron chi connectivity index (χ1n) is 4.36. The van der Waals surface area contributed by atoms with Crippen molar-refractivity contribution in [1.82, 2.24) is 5.32 Å². The van der Waals surface area contributed by atoms with Crippen LogP contribution in [-0.4, -0.2) is 31.7 Å². The van der Waals surface area contributed by atoms with Crippen molar-refractivity contribution in [3.05, 3.63) is 0 Å². The van der Waals surface area contributed by atoms with Crippen molar-refractivity contribution in [2.75, 3.05) is 19.8 Å². The van der Waals surface area contributed by atoms with E-state index in [-0.39, 0.29) is 17.4 Å². The molecule has 1 spiro atoms. The number of nitrogens with two attached hydrogens (primary N) is 1. The highest BCUT2D eigenvalue weighted by molar-refractivity contribution is 5.85. The topological polar surface area (TPSA) is 64.4 Å². The highest BCUT2D eigenvalue weighted by Gasteiger charge is 2.46. The van der Waals surface area contributed by atoms with Gasteiger partial charge in [-0.25, -0.2) is 0 Å². The number of ether oxygens (including phenoxy) is 1. The minimum atomic E-state index is -0.318. The Hall–Kier alpha value is -0.610. The third-order valence-corrected chi connectivity index (χ3v) is 3.05. The molecule has 2 aliphatic heterocycles. The van der Waals surface area contributed by atoms with Gasteiger partial charge in [-0.2, -0.15) is 0 Å². The smallest absolute Gasteiger partial charge is 0.237 e. The van der Waals surface area contributed by atoms with Gasteiger partial charge < -0.3 is 15.8 Å². The zero-order valence-electron chi connectivity index (χ0n) is 7.01. The fourth-order valence-electron chi connectivity index (χ4n) is 2.03. The summed E-state index contributed by atoms with van der Waals surface area (Å²) < 4.78 is 5.25. The van der Waals surface area contributed by atoms with E-state index in [1.807, 2.05) is 0 Å². The minimum absolute atomic E-state index is 0.00287. The second-order valence-electron chi connectivity index (χ2n) is 3.67. The number of hydrogen-bond acceptors (Lipinski definition) is 3. The molecule has 0 aliphatic carbocycles. The van der Waals surface area contributed by atoms with Gasteiger partial charge in [0, 0.05) is 25.2 Å². The molecule has 2 saturated heterocycles. The summed E-state index contributed by atoms with van der Waals surface area (Å²) in [6.07, 6.45) is 1.82. The Morgan fingerprint density at radius 1 is 1.50 bits per heavy atom. The van der Waals surface area contributed by atoms with Crippen LogP contribution in [0.15, 0.2) is 0 Å². The van der Waals surface area contributed by atoms with Crippen molar-refractivity contribution < 1.29 is 9.53 Å². The lowest BCUT2D eigenvalue weighted by atomic mass is 9.76. The Morgan fingerprint density at radius 3 is 2.67 bits per heavy atom. The van der Waals surface area contributed by atoms with Gasteiger partial charge in [0.2, 0.25) is 5.91 Å². The number of amides is 1. The highest BCUT2D eigenvalue weighted by atomic mass is 16.5. The summed E-state index contributed by atoms with van der Waals surface area (Å²) in [4.78, 5) is 11.2. The molecular weight excluding hydrogens is 156 g/mol. The van der Waals surface area contributed by atoms with Crippen LogP contribution in [0.25, 0.3) is 0 Å². The first-order chi connectivity index (χ1) is 5.75. The number of rotatable bonds is 0. The quantitative estimate of drug-likeness (QED) is 0.502. The molecule has 0 saturated carbocycles. The van der Waals surface area contributed by atoms with Crippen molar-refractivity contribution in [3.63, 3.8) is 0 Å². The van der Waals surface area contributed by atoms with E-state index in [0.717, 1.165) is 32.6 Å². The Kier molecular flexibility index (Phi) is 1.81. The summed E-state index contributed by atoms with van der Waals surface area (Å²) >= 11 is 0. The molecule has 0 bridgehead atoms. The highest BCUT2D eigenvalue weighted by Crippen LogP contribution is 2.35. The number of carbonyl (C=O) groups is 1. The molecule has 3 N–H and O–H groups in total. The normalized spacial score (nSPS) is 33.8. The lowest BCUT2D eigenvalue weighted by Crippen LogP contribution is -2.46. The molecule has 2 rings (SSSR count). The average molecular weight is 170 g/mol. The molecule has 68 valence electrons. The van der Waals surface area contributed by atoms with Gasteiger partial charge >= 0.3 is 0 Å². The molecule has 0 radical (unpaired) electrons. The van der Waals surface area contributed by atoms with Crippen molar-refractivity contribution in [1.29, 1.82) is 0 Å². The maximum Gasteiger partial charge on any atom is 0.237 e. The molecule has 0 aromatic carbocycles. The molecule has 0 aromatic rings. The molecule has 0 aromatic heterocycles. The summed E-state index contributed by atoms with van der Waals surface area (Å²) in [6.45, 7) is 2.21. The summed E-state index contributed by atoms with van der Waals surface area (Å²) in [6, 6.07) is -0.318. The second-order valence-corrected chi connectivity index (χ2v) is 3.67. The van der Waals surface area contributed by atoms with Crippen molar-refractivity contribution in [3.8, 4) is 0 Å². The molecule has 1 amide bonds. The van der Waals surface area contributed by atoms with E-state index < -0.39 is 0 Å². The van der Waals surface area contributed by atoms with Crippen molar-refractivity contribution >= 4 is 5.91 Å². The molecule has 0 unspecified atom stereocenters. The molecule has 1 atom stereocenters. The van der Waals surface area contributed by atoms with E-state index in [2.05, 4.69) is 5.32 Å². The summed E-state index contributed by atoms with van der Waals surface area (Å²) in [5.41, 5.74) is 5.82. The van der Waals surface area contributed by atoms with Gasteiger partial charge in [0.25, 0.3) is 0 Å². The minimum Gasteiger partial charge on any atom is -0.381 e. The molecular formula is C8H14N2O2. The maximum absolute atomic E-state index is 11.2. The van der Waals surface area contributed by atoms with Gasteiger partial charge in [0.1, 0.15) is 0 Å². The number of nitrogens with one attached hydrogen (secondary N) is 1.